The number of ether oxygens (including phenoxy) is 2. The number of nitrogens with zero attached hydrogens (tertiary/aromatic N) is 2. The zero-order valence-corrected chi connectivity index (χ0v) is 20.1. The molecular formula is C32H24N2O2. The number of rotatable bonds is 5. The van der Waals surface area contributed by atoms with E-state index in [1.165, 1.54) is 0 Å². The van der Waals surface area contributed by atoms with Crippen LogP contribution in [0, 0.1) is 0 Å². The summed E-state index contributed by atoms with van der Waals surface area (Å²) in [6.45, 7) is 0. The highest BCUT2D eigenvalue weighted by Crippen LogP contribution is 2.46. The van der Waals surface area contributed by atoms with Crippen LogP contribution in [0.1, 0.15) is 0 Å². The zero-order chi connectivity index (χ0) is 24.5. The Morgan fingerprint density at radius 1 is 0.444 bits per heavy atom. The molecule has 36 heavy (non-hydrogen) atoms. The lowest BCUT2D eigenvalue weighted by atomic mass is 9.90. The third-order valence-corrected chi connectivity index (χ3v) is 6.68. The first-order chi connectivity index (χ1) is 17.8. The summed E-state index contributed by atoms with van der Waals surface area (Å²) in [5.41, 5.74) is 6.61. The van der Waals surface area contributed by atoms with Gasteiger partial charge in [-0.05, 0) is 92.3 Å². The van der Waals surface area contributed by atoms with Gasteiger partial charge in [0.15, 0.2) is 0 Å². The van der Waals surface area contributed by atoms with Gasteiger partial charge in [0.2, 0.25) is 0 Å². The number of aromatic nitrogens is 2. The van der Waals surface area contributed by atoms with E-state index in [0.717, 1.165) is 66.4 Å². The Hall–Kier alpha value is -4.70. The van der Waals surface area contributed by atoms with Gasteiger partial charge in [0, 0.05) is 35.9 Å². The SMILES string of the molecule is COc1ccc2cc(-c3ccncc3)ccc2c1-c1c(OC)ccc2cc(-c3ccncc3)ccc12. The molecule has 0 aliphatic rings. The van der Waals surface area contributed by atoms with Crippen molar-refractivity contribution in [3.63, 3.8) is 0 Å². The fraction of sp³-hybridized carbons (Fsp3) is 0.0625. The van der Waals surface area contributed by atoms with Gasteiger partial charge in [-0.3, -0.25) is 9.97 Å². The summed E-state index contributed by atoms with van der Waals surface area (Å²) in [6.07, 6.45) is 7.28. The van der Waals surface area contributed by atoms with E-state index >= 15 is 0 Å². The van der Waals surface area contributed by atoms with E-state index in [4.69, 9.17) is 9.47 Å². The Labute approximate surface area is 209 Å². The Morgan fingerprint density at radius 2 is 0.861 bits per heavy atom. The second kappa shape index (κ2) is 9.16. The monoisotopic (exact) mass is 468 g/mol. The number of methoxy groups -OCH3 is 2. The first-order valence-electron chi connectivity index (χ1n) is 11.8. The van der Waals surface area contributed by atoms with E-state index in [1.54, 1.807) is 14.2 Å². The van der Waals surface area contributed by atoms with E-state index in [9.17, 15) is 0 Å². The van der Waals surface area contributed by atoms with Crippen LogP contribution in [0.4, 0.5) is 0 Å². The van der Waals surface area contributed by atoms with Gasteiger partial charge in [-0.1, -0.05) is 36.4 Å². The molecule has 0 aliphatic heterocycles. The highest BCUT2D eigenvalue weighted by molar-refractivity contribution is 6.11. The summed E-state index contributed by atoms with van der Waals surface area (Å²) in [7, 11) is 3.43. The molecule has 0 unspecified atom stereocenters. The van der Waals surface area contributed by atoms with E-state index in [1.807, 2.05) is 61.2 Å². The molecule has 0 saturated heterocycles. The maximum atomic E-state index is 5.89. The van der Waals surface area contributed by atoms with Crippen LogP contribution in [0.2, 0.25) is 0 Å². The maximum absolute atomic E-state index is 5.89. The van der Waals surface area contributed by atoms with E-state index in [0.29, 0.717) is 0 Å². The normalized spacial score (nSPS) is 11.1. The van der Waals surface area contributed by atoms with Crippen molar-refractivity contribution in [2.24, 2.45) is 0 Å². The van der Waals surface area contributed by atoms with Crippen LogP contribution in [0.15, 0.2) is 110 Å². The minimum Gasteiger partial charge on any atom is -0.496 e. The van der Waals surface area contributed by atoms with Crippen molar-refractivity contribution in [3.05, 3.63) is 110 Å². The quantitative estimate of drug-likeness (QED) is 0.259. The Bertz CT molecular complexity index is 1570. The molecule has 0 spiro atoms. The van der Waals surface area contributed by atoms with Crippen molar-refractivity contribution in [1.82, 2.24) is 9.97 Å². The Kier molecular flexibility index (Phi) is 5.55. The molecule has 6 rings (SSSR count). The van der Waals surface area contributed by atoms with Gasteiger partial charge in [0.1, 0.15) is 11.5 Å². The molecule has 4 nitrogen and oxygen atoms in total. The molecule has 0 bridgehead atoms. The van der Waals surface area contributed by atoms with E-state index < -0.39 is 0 Å². The first kappa shape index (κ1) is 21.8. The molecule has 0 fully saturated rings. The largest absolute Gasteiger partial charge is 0.496 e. The first-order valence-corrected chi connectivity index (χ1v) is 11.8. The summed E-state index contributed by atoms with van der Waals surface area (Å²) in [4.78, 5) is 8.30. The minimum atomic E-state index is 0.808. The lowest BCUT2D eigenvalue weighted by Gasteiger charge is -2.18. The van der Waals surface area contributed by atoms with Crippen LogP contribution in [0.25, 0.3) is 54.9 Å². The lowest BCUT2D eigenvalue weighted by molar-refractivity contribution is 0.411. The molecule has 0 radical (unpaired) electrons. The highest BCUT2D eigenvalue weighted by Gasteiger charge is 2.19. The molecule has 0 N–H and O–H groups in total. The van der Waals surface area contributed by atoms with Crippen LogP contribution in [-0.4, -0.2) is 24.2 Å². The van der Waals surface area contributed by atoms with Gasteiger partial charge in [0.05, 0.1) is 14.2 Å². The molecule has 4 aromatic carbocycles. The zero-order valence-electron chi connectivity index (χ0n) is 20.1. The molecule has 174 valence electrons. The second-order valence-corrected chi connectivity index (χ2v) is 8.63. The summed E-state index contributed by atoms with van der Waals surface area (Å²) in [5, 5.41) is 4.48. The number of hydrogen-bond acceptors (Lipinski definition) is 4. The molecule has 4 heteroatoms. The van der Waals surface area contributed by atoms with Gasteiger partial charge >= 0.3 is 0 Å². The van der Waals surface area contributed by atoms with E-state index in [-0.39, 0.29) is 0 Å². The minimum absolute atomic E-state index is 0.808. The Morgan fingerprint density at radius 3 is 1.25 bits per heavy atom. The highest BCUT2D eigenvalue weighted by atomic mass is 16.5. The number of hydrogen-bond donors (Lipinski definition) is 0. The third kappa shape index (κ3) is 3.73. The van der Waals surface area contributed by atoms with Crippen LogP contribution < -0.4 is 9.47 Å². The number of pyridine rings is 2. The van der Waals surface area contributed by atoms with E-state index in [2.05, 4.69) is 58.5 Å². The van der Waals surface area contributed by atoms with Gasteiger partial charge in [-0.2, -0.15) is 0 Å². The molecule has 0 atom stereocenters. The van der Waals surface area contributed by atoms with Gasteiger partial charge in [-0.25, -0.2) is 0 Å². The third-order valence-electron chi connectivity index (χ3n) is 6.68. The lowest BCUT2D eigenvalue weighted by Crippen LogP contribution is -1.95. The van der Waals surface area contributed by atoms with Crippen molar-refractivity contribution in [2.75, 3.05) is 14.2 Å². The summed E-state index contributed by atoms with van der Waals surface area (Å²) in [6, 6.07) is 29.5. The van der Waals surface area contributed by atoms with Crippen molar-refractivity contribution < 1.29 is 9.47 Å². The van der Waals surface area contributed by atoms with Crippen LogP contribution in [0.5, 0.6) is 11.5 Å². The fourth-order valence-corrected chi connectivity index (χ4v) is 4.92. The number of benzene rings is 4. The standard InChI is InChI=1S/C32H24N2O2/c1-35-29-9-5-25-19-23(21-11-15-33-16-12-21)3-7-27(25)31(29)32-28-8-4-24(22-13-17-34-18-14-22)20-26(28)6-10-30(32)36-2/h3-20H,1-2H3. The van der Waals surface area contributed by atoms with Crippen molar-refractivity contribution in [1.29, 1.82) is 0 Å². The molecule has 0 amide bonds. The van der Waals surface area contributed by atoms with Crippen molar-refractivity contribution >= 4 is 21.5 Å². The number of fused-ring (bicyclic) bond motifs is 2. The van der Waals surface area contributed by atoms with Crippen molar-refractivity contribution in [3.8, 4) is 44.9 Å². The maximum Gasteiger partial charge on any atom is 0.127 e. The average Bonchev–Trinajstić information content (AvgIpc) is 2.96. The Balaban J connectivity index is 1.61. The molecule has 2 aromatic heterocycles. The molecular weight excluding hydrogens is 444 g/mol. The van der Waals surface area contributed by atoms with Crippen LogP contribution >= 0.6 is 0 Å². The molecule has 0 aliphatic carbocycles. The van der Waals surface area contributed by atoms with Gasteiger partial charge in [-0.15, -0.1) is 0 Å². The fourth-order valence-electron chi connectivity index (χ4n) is 4.92. The summed E-state index contributed by atoms with van der Waals surface area (Å²) >= 11 is 0. The topological polar surface area (TPSA) is 44.2 Å². The van der Waals surface area contributed by atoms with Crippen molar-refractivity contribution in [2.45, 2.75) is 0 Å². The van der Waals surface area contributed by atoms with Gasteiger partial charge < -0.3 is 9.47 Å². The summed E-state index contributed by atoms with van der Waals surface area (Å²) in [5.74, 6) is 1.62. The summed E-state index contributed by atoms with van der Waals surface area (Å²) < 4.78 is 11.8. The molecule has 0 saturated carbocycles. The van der Waals surface area contributed by atoms with Gasteiger partial charge in [0.25, 0.3) is 0 Å². The average molecular weight is 469 g/mol. The molecule has 6 aromatic rings. The second-order valence-electron chi connectivity index (χ2n) is 8.63. The smallest absolute Gasteiger partial charge is 0.127 e. The van der Waals surface area contributed by atoms with Crippen LogP contribution in [-0.2, 0) is 0 Å². The predicted molar refractivity (Wildman–Crippen MR) is 146 cm³/mol. The molecule has 2 heterocycles. The predicted octanol–water partition coefficient (Wildman–Crippen LogP) is 7.80. The van der Waals surface area contributed by atoms with Crippen LogP contribution in [0.3, 0.4) is 0 Å².